The number of rotatable bonds is 7. The first-order valence-corrected chi connectivity index (χ1v) is 14.9. The van der Waals surface area contributed by atoms with Crippen LogP contribution in [0.3, 0.4) is 0 Å². The van der Waals surface area contributed by atoms with E-state index in [4.69, 9.17) is 14.5 Å². The third kappa shape index (κ3) is 5.66. The first-order chi connectivity index (χ1) is 20.3. The van der Waals surface area contributed by atoms with Crippen LogP contribution in [0.4, 0.5) is 18.9 Å². The summed E-state index contributed by atoms with van der Waals surface area (Å²) in [6, 6.07) is 15.7. The highest BCUT2D eigenvalue weighted by Crippen LogP contribution is 2.45. The molecule has 10 heteroatoms. The van der Waals surface area contributed by atoms with Crippen LogP contribution >= 0.6 is 0 Å². The molecule has 0 aliphatic carbocycles. The van der Waals surface area contributed by atoms with Crippen molar-refractivity contribution in [2.45, 2.75) is 56.8 Å². The predicted octanol–water partition coefficient (Wildman–Crippen LogP) is 5.68. The van der Waals surface area contributed by atoms with Crippen molar-refractivity contribution in [1.82, 2.24) is 20.2 Å². The maximum absolute atomic E-state index is 14.0. The van der Waals surface area contributed by atoms with E-state index < -0.39 is 11.9 Å². The van der Waals surface area contributed by atoms with Gasteiger partial charge in [0.05, 0.1) is 30.8 Å². The van der Waals surface area contributed by atoms with Crippen molar-refractivity contribution in [3.8, 4) is 22.9 Å². The third-order valence-corrected chi connectivity index (χ3v) is 8.94. The van der Waals surface area contributed by atoms with Gasteiger partial charge in [-0.1, -0.05) is 18.2 Å². The maximum atomic E-state index is 14.0. The Balaban J connectivity index is 1.32. The van der Waals surface area contributed by atoms with Crippen molar-refractivity contribution >= 4 is 5.69 Å². The second-order valence-electron chi connectivity index (χ2n) is 11.6. The number of halogens is 3. The zero-order chi connectivity index (χ0) is 29.3. The van der Waals surface area contributed by atoms with Crippen LogP contribution in [0.2, 0.25) is 0 Å². The lowest BCUT2D eigenvalue weighted by Crippen LogP contribution is -2.54. The highest BCUT2D eigenvalue weighted by Gasteiger charge is 2.45. The fourth-order valence-electron chi connectivity index (χ4n) is 6.96. The average Bonchev–Trinajstić information content (AvgIpc) is 3.50. The molecule has 0 saturated carbocycles. The summed E-state index contributed by atoms with van der Waals surface area (Å²) < 4.78 is 52.9. The van der Waals surface area contributed by atoms with E-state index in [1.807, 2.05) is 36.1 Å². The number of anilines is 1. The number of piperidine rings is 1. The molecule has 3 aliphatic rings. The monoisotopic (exact) mass is 581 g/mol. The van der Waals surface area contributed by atoms with E-state index in [1.165, 1.54) is 31.2 Å². The normalized spacial score (nSPS) is 20.5. The van der Waals surface area contributed by atoms with Crippen molar-refractivity contribution < 1.29 is 22.6 Å². The van der Waals surface area contributed by atoms with Crippen LogP contribution in [0.5, 0.6) is 11.6 Å². The van der Waals surface area contributed by atoms with Crippen LogP contribution in [0.25, 0.3) is 11.3 Å². The largest absolute Gasteiger partial charge is 0.493 e. The van der Waals surface area contributed by atoms with Crippen molar-refractivity contribution in [2.75, 3.05) is 51.3 Å². The van der Waals surface area contributed by atoms with Crippen molar-refractivity contribution in [3.05, 3.63) is 65.5 Å². The highest BCUT2D eigenvalue weighted by atomic mass is 19.4. The molecule has 7 nitrogen and oxygen atoms in total. The molecule has 5 heterocycles. The summed E-state index contributed by atoms with van der Waals surface area (Å²) in [6.45, 7) is 7.16. The van der Waals surface area contributed by atoms with Crippen molar-refractivity contribution in [1.29, 1.82) is 0 Å². The lowest BCUT2D eigenvalue weighted by atomic mass is 9.69. The molecule has 2 saturated heterocycles. The Bertz CT molecular complexity index is 1400. The fraction of sp³-hybridized carbons (Fsp3) is 0.500. The number of hydrogen-bond acceptors (Lipinski definition) is 7. The number of nitrogens with one attached hydrogen (secondary N) is 1. The summed E-state index contributed by atoms with van der Waals surface area (Å²) in [7, 11) is 1.33. The van der Waals surface area contributed by atoms with E-state index in [-0.39, 0.29) is 17.0 Å². The van der Waals surface area contributed by atoms with Crippen molar-refractivity contribution in [2.24, 2.45) is 0 Å². The molecular formula is C32H38F3N5O2. The third-order valence-electron chi connectivity index (χ3n) is 8.94. The molecular weight excluding hydrogens is 543 g/mol. The molecule has 42 heavy (non-hydrogen) atoms. The minimum Gasteiger partial charge on any atom is -0.493 e. The van der Waals surface area contributed by atoms with Crippen molar-refractivity contribution in [3.63, 3.8) is 0 Å². The number of hydrogen-bond donors (Lipinski definition) is 1. The van der Waals surface area contributed by atoms with E-state index >= 15 is 0 Å². The number of fused-ring (bicyclic) bond motifs is 2. The molecule has 1 spiro atoms. The minimum atomic E-state index is -4.57. The summed E-state index contributed by atoms with van der Waals surface area (Å²) >= 11 is 0. The number of para-hydroxylation sites is 1. The van der Waals surface area contributed by atoms with Gasteiger partial charge < -0.3 is 19.7 Å². The molecule has 2 aromatic heterocycles. The molecule has 3 aromatic rings. The second kappa shape index (κ2) is 11.7. The highest BCUT2D eigenvalue weighted by molar-refractivity contribution is 5.68. The van der Waals surface area contributed by atoms with E-state index in [0.717, 1.165) is 68.1 Å². The van der Waals surface area contributed by atoms with E-state index in [2.05, 4.69) is 27.3 Å². The summed E-state index contributed by atoms with van der Waals surface area (Å²) in [5.41, 5.74) is 3.15. The first kappa shape index (κ1) is 28.7. The zero-order valence-electron chi connectivity index (χ0n) is 24.2. The van der Waals surface area contributed by atoms with Gasteiger partial charge in [0.25, 0.3) is 0 Å². The molecule has 3 aliphatic heterocycles. The van der Waals surface area contributed by atoms with Gasteiger partial charge in [-0.3, -0.25) is 9.88 Å². The quantitative estimate of drug-likeness (QED) is 0.386. The number of methoxy groups -OCH3 is 1. The molecule has 2 fully saturated rings. The first-order valence-electron chi connectivity index (χ1n) is 14.9. The van der Waals surface area contributed by atoms with Gasteiger partial charge in [0.1, 0.15) is 5.75 Å². The Labute approximate surface area is 245 Å². The molecule has 0 radical (unpaired) electrons. The van der Waals surface area contributed by atoms with Gasteiger partial charge in [-0.2, -0.15) is 13.2 Å². The topological polar surface area (TPSA) is 62.8 Å². The molecule has 0 unspecified atom stereocenters. The van der Waals surface area contributed by atoms with Gasteiger partial charge in [-0.15, -0.1) is 0 Å². The summed E-state index contributed by atoms with van der Waals surface area (Å²) in [4.78, 5) is 13.3. The zero-order valence-corrected chi connectivity index (χ0v) is 24.2. The Hall–Kier alpha value is -3.37. The smallest absolute Gasteiger partial charge is 0.435 e. The van der Waals surface area contributed by atoms with Crippen LogP contribution in [0, 0.1) is 0 Å². The van der Waals surface area contributed by atoms with Gasteiger partial charge in [0.2, 0.25) is 5.88 Å². The molecule has 1 aromatic carbocycles. The SMILES string of the molecule is CCOc1ccccc1-c1ccc2c(n1)CN(C[C@H]1CCCN1)CC21CCN(c2ccc(OC)nc2C(F)(F)F)CC1. The van der Waals surface area contributed by atoms with Crippen LogP contribution in [-0.4, -0.2) is 67.4 Å². The van der Waals surface area contributed by atoms with Crippen LogP contribution in [0.15, 0.2) is 48.5 Å². The van der Waals surface area contributed by atoms with E-state index in [1.54, 1.807) is 0 Å². The molecule has 0 bridgehead atoms. The summed E-state index contributed by atoms with van der Waals surface area (Å²) in [6.07, 6.45) is -0.768. The van der Waals surface area contributed by atoms with Gasteiger partial charge in [0, 0.05) is 55.8 Å². The van der Waals surface area contributed by atoms with Gasteiger partial charge in [0.15, 0.2) is 5.69 Å². The lowest BCUT2D eigenvalue weighted by Gasteiger charge is -2.49. The Kier molecular flexibility index (Phi) is 8.02. The summed E-state index contributed by atoms with van der Waals surface area (Å²) in [5.74, 6) is 0.775. The summed E-state index contributed by atoms with van der Waals surface area (Å²) in [5, 5.41) is 3.63. The maximum Gasteiger partial charge on any atom is 0.435 e. The predicted molar refractivity (Wildman–Crippen MR) is 156 cm³/mol. The fourth-order valence-corrected chi connectivity index (χ4v) is 6.96. The number of nitrogens with zero attached hydrogens (tertiary/aromatic N) is 4. The van der Waals surface area contributed by atoms with Gasteiger partial charge in [-0.05, 0) is 69.0 Å². The molecule has 0 amide bonds. The Morgan fingerprint density at radius 1 is 1.05 bits per heavy atom. The Morgan fingerprint density at radius 2 is 1.86 bits per heavy atom. The second-order valence-corrected chi connectivity index (χ2v) is 11.6. The number of benzene rings is 1. The number of ether oxygens (including phenoxy) is 2. The van der Waals surface area contributed by atoms with E-state index in [9.17, 15) is 13.2 Å². The number of pyridine rings is 2. The van der Waals surface area contributed by atoms with Crippen LogP contribution < -0.4 is 19.7 Å². The molecule has 6 rings (SSSR count). The lowest BCUT2D eigenvalue weighted by molar-refractivity contribution is -0.140. The minimum absolute atomic E-state index is 0.0373. The van der Waals surface area contributed by atoms with Gasteiger partial charge in [-0.25, -0.2) is 4.98 Å². The number of aromatic nitrogens is 2. The molecule has 1 N–H and O–H groups in total. The van der Waals surface area contributed by atoms with E-state index in [0.29, 0.717) is 25.7 Å². The standard InChI is InChI=1S/C32H38F3N5O2/c1-3-42-28-9-5-4-8-23(28)25-11-10-24-26(37-25)20-39(19-22-7-6-16-36-22)21-31(24)14-17-40(18-15-31)27-12-13-29(41-2)38-30(27)32(33,34)35/h4-5,8-13,22,36H,3,6-7,14-21H2,1-2H3/t22-/m1/s1. The average molecular weight is 582 g/mol. The molecule has 1 atom stereocenters. The molecule has 224 valence electrons. The van der Waals surface area contributed by atoms with Gasteiger partial charge >= 0.3 is 6.18 Å². The van der Waals surface area contributed by atoms with Crippen LogP contribution in [0.1, 0.15) is 49.6 Å². The Morgan fingerprint density at radius 3 is 2.57 bits per heavy atom. The number of alkyl halides is 3. The van der Waals surface area contributed by atoms with Crippen LogP contribution in [-0.2, 0) is 18.1 Å².